The Bertz CT molecular complexity index is 878. The lowest BCUT2D eigenvalue weighted by Gasteiger charge is -2.09. The van der Waals surface area contributed by atoms with E-state index in [1.165, 1.54) is 0 Å². The predicted octanol–water partition coefficient (Wildman–Crippen LogP) is 6.97. The lowest BCUT2D eigenvalue weighted by atomic mass is 10.1. The molecule has 0 aliphatic carbocycles. The molecule has 3 aromatic carbocycles. The van der Waals surface area contributed by atoms with Crippen molar-refractivity contribution < 1.29 is 4.74 Å². The molecule has 3 aromatic rings. The Balaban J connectivity index is 1.74. The SMILES string of the molecule is CC(/N=C/c1cccc(Oc2ccccc2)c1)c1ccc(Cl)cc1Cl. The van der Waals surface area contributed by atoms with Crippen molar-refractivity contribution in [2.24, 2.45) is 4.99 Å². The van der Waals surface area contributed by atoms with Gasteiger partial charge in [0.05, 0.1) is 6.04 Å². The van der Waals surface area contributed by atoms with E-state index in [4.69, 9.17) is 27.9 Å². The van der Waals surface area contributed by atoms with E-state index in [1.54, 1.807) is 6.07 Å². The van der Waals surface area contributed by atoms with Gasteiger partial charge in [0.2, 0.25) is 0 Å². The summed E-state index contributed by atoms with van der Waals surface area (Å²) in [6, 6.07) is 22.9. The topological polar surface area (TPSA) is 21.6 Å². The summed E-state index contributed by atoms with van der Waals surface area (Å²) >= 11 is 12.2. The van der Waals surface area contributed by atoms with Crippen LogP contribution in [0.25, 0.3) is 0 Å². The van der Waals surface area contributed by atoms with Crippen LogP contribution < -0.4 is 4.74 Å². The molecule has 0 N–H and O–H groups in total. The van der Waals surface area contributed by atoms with Crippen molar-refractivity contribution in [2.45, 2.75) is 13.0 Å². The molecule has 1 atom stereocenters. The van der Waals surface area contributed by atoms with Crippen molar-refractivity contribution in [3.8, 4) is 11.5 Å². The van der Waals surface area contributed by atoms with E-state index in [0.29, 0.717) is 10.0 Å². The highest BCUT2D eigenvalue weighted by molar-refractivity contribution is 6.35. The second-order valence-electron chi connectivity index (χ2n) is 5.61. The van der Waals surface area contributed by atoms with Gasteiger partial charge in [0.1, 0.15) is 11.5 Å². The van der Waals surface area contributed by atoms with E-state index in [9.17, 15) is 0 Å². The fraction of sp³-hybridized carbons (Fsp3) is 0.0952. The zero-order valence-corrected chi connectivity index (χ0v) is 15.2. The smallest absolute Gasteiger partial charge is 0.128 e. The molecule has 0 aromatic heterocycles. The minimum absolute atomic E-state index is 0.0662. The molecule has 0 heterocycles. The van der Waals surface area contributed by atoms with Gasteiger partial charge >= 0.3 is 0 Å². The van der Waals surface area contributed by atoms with Gasteiger partial charge in [0.25, 0.3) is 0 Å². The van der Waals surface area contributed by atoms with Gasteiger partial charge in [-0.3, -0.25) is 4.99 Å². The predicted molar refractivity (Wildman–Crippen MR) is 105 cm³/mol. The van der Waals surface area contributed by atoms with Crippen LogP contribution in [0.4, 0.5) is 0 Å². The summed E-state index contributed by atoms with van der Waals surface area (Å²) in [7, 11) is 0. The largest absolute Gasteiger partial charge is 0.457 e. The zero-order valence-electron chi connectivity index (χ0n) is 13.7. The zero-order chi connectivity index (χ0) is 17.6. The molecular formula is C21H17Cl2NO. The Morgan fingerprint density at radius 3 is 2.40 bits per heavy atom. The molecule has 25 heavy (non-hydrogen) atoms. The maximum absolute atomic E-state index is 6.24. The maximum Gasteiger partial charge on any atom is 0.128 e. The van der Waals surface area contributed by atoms with Gasteiger partial charge in [-0.2, -0.15) is 0 Å². The van der Waals surface area contributed by atoms with Crippen LogP contribution in [0.2, 0.25) is 10.0 Å². The molecule has 3 rings (SSSR count). The lowest BCUT2D eigenvalue weighted by molar-refractivity contribution is 0.482. The van der Waals surface area contributed by atoms with Gasteiger partial charge < -0.3 is 4.74 Å². The first-order valence-electron chi connectivity index (χ1n) is 7.93. The van der Waals surface area contributed by atoms with E-state index >= 15 is 0 Å². The summed E-state index contributed by atoms with van der Waals surface area (Å²) in [4.78, 5) is 4.60. The Morgan fingerprint density at radius 1 is 0.880 bits per heavy atom. The van der Waals surface area contributed by atoms with Crippen molar-refractivity contribution in [3.05, 3.63) is 94.0 Å². The molecule has 126 valence electrons. The average molecular weight is 370 g/mol. The van der Waals surface area contributed by atoms with Gasteiger partial charge in [-0.05, 0) is 54.4 Å². The summed E-state index contributed by atoms with van der Waals surface area (Å²) in [6.07, 6.45) is 1.83. The van der Waals surface area contributed by atoms with Crippen LogP contribution in [0.1, 0.15) is 24.1 Å². The van der Waals surface area contributed by atoms with Gasteiger partial charge in [0, 0.05) is 16.3 Å². The van der Waals surface area contributed by atoms with Crippen LogP contribution in [0.5, 0.6) is 11.5 Å². The molecule has 0 saturated carbocycles. The summed E-state index contributed by atoms with van der Waals surface area (Å²) < 4.78 is 5.85. The molecule has 0 saturated heterocycles. The van der Waals surface area contributed by atoms with Crippen molar-refractivity contribution in [1.29, 1.82) is 0 Å². The highest BCUT2D eigenvalue weighted by atomic mass is 35.5. The average Bonchev–Trinajstić information content (AvgIpc) is 2.61. The van der Waals surface area contributed by atoms with Crippen LogP contribution in [0.15, 0.2) is 77.8 Å². The third kappa shape index (κ3) is 4.85. The summed E-state index contributed by atoms with van der Waals surface area (Å²) in [5, 5.41) is 1.24. The van der Waals surface area contributed by atoms with Crippen LogP contribution in [-0.2, 0) is 0 Å². The fourth-order valence-electron chi connectivity index (χ4n) is 2.40. The van der Waals surface area contributed by atoms with Gasteiger partial charge in [0.15, 0.2) is 0 Å². The highest BCUT2D eigenvalue weighted by Gasteiger charge is 2.08. The number of rotatable bonds is 5. The van der Waals surface area contributed by atoms with Crippen LogP contribution >= 0.6 is 23.2 Å². The van der Waals surface area contributed by atoms with Gasteiger partial charge in [-0.15, -0.1) is 0 Å². The molecule has 4 heteroatoms. The van der Waals surface area contributed by atoms with Crippen molar-refractivity contribution in [2.75, 3.05) is 0 Å². The van der Waals surface area contributed by atoms with Crippen LogP contribution in [-0.4, -0.2) is 6.21 Å². The Morgan fingerprint density at radius 2 is 1.64 bits per heavy atom. The Kier molecular flexibility index (Phi) is 5.75. The van der Waals surface area contributed by atoms with E-state index in [0.717, 1.165) is 22.6 Å². The van der Waals surface area contributed by atoms with Crippen LogP contribution in [0, 0.1) is 0 Å². The second-order valence-corrected chi connectivity index (χ2v) is 6.45. The lowest BCUT2D eigenvalue weighted by Crippen LogP contribution is -1.93. The molecule has 0 aliphatic heterocycles. The number of ether oxygens (including phenoxy) is 1. The highest BCUT2D eigenvalue weighted by Crippen LogP contribution is 2.28. The quantitative estimate of drug-likeness (QED) is 0.445. The number of benzene rings is 3. The first kappa shape index (κ1) is 17.5. The molecule has 0 fully saturated rings. The van der Waals surface area contributed by atoms with Crippen molar-refractivity contribution in [1.82, 2.24) is 0 Å². The normalized spacial score (nSPS) is 12.3. The summed E-state index contributed by atoms with van der Waals surface area (Å²) in [6.45, 7) is 2.00. The minimum Gasteiger partial charge on any atom is -0.457 e. The molecule has 2 nitrogen and oxygen atoms in total. The number of halogens is 2. The molecule has 0 radical (unpaired) electrons. The molecule has 0 bridgehead atoms. The van der Waals surface area contributed by atoms with E-state index in [2.05, 4.69) is 4.99 Å². The standard InChI is InChI=1S/C21H17Cl2NO/c1-15(20-11-10-17(22)13-21(20)23)24-14-16-6-5-9-19(12-16)25-18-7-3-2-4-8-18/h2-15H,1H3/b24-14+. The first-order chi connectivity index (χ1) is 12.1. The summed E-state index contributed by atoms with van der Waals surface area (Å²) in [5.41, 5.74) is 1.91. The van der Waals surface area contributed by atoms with Crippen LogP contribution in [0.3, 0.4) is 0 Å². The third-order valence-corrected chi connectivity index (χ3v) is 4.26. The third-order valence-electron chi connectivity index (χ3n) is 3.70. The van der Waals surface area contributed by atoms with Gasteiger partial charge in [-0.1, -0.05) is 59.6 Å². The summed E-state index contributed by atoms with van der Waals surface area (Å²) in [5.74, 6) is 1.57. The molecule has 0 spiro atoms. The number of hydrogen-bond donors (Lipinski definition) is 0. The number of nitrogens with zero attached hydrogens (tertiary/aromatic N) is 1. The number of para-hydroxylation sites is 1. The first-order valence-corrected chi connectivity index (χ1v) is 8.68. The molecular weight excluding hydrogens is 353 g/mol. The number of aliphatic imine (C=N–C) groups is 1. The number of hydrogen-bond acceptors (Lipinski definition) is 2. The van der Waals surface area contributed by atoms with Gasteiger partial charge in [-0.25, -0.2) is 0 Å². The fourth-order valence-corrected chi connectivity index (χ4v) is 2.97. The maximum atomic E-state index is 6.24. The monoisotopic (exact) mass is 369 g/mol. The molecule has 0 aliphatic rings. The Labute approximate surface area is 157 Å². The van der Waals surface area contributed by atoms with Crippen molar-refractivity contribution >= 4 is 29.4 Å². The molecule has 0 amide bonds. The van der Waals surface area contributed by atoms with E-state index in [1.807, 2.05) is 79.9 Å². The van der Waals surface area contributed by atoms with Crippen molar-refractivity contribution in [3.63, 3.8) is 0 Å². The molecule has 1 unspecified atom stereocenters. The van der Waals surface area contributed by atoms with E-state index in [-0.39, 0.29) is 6.04 Å². The second kappa shape index (κ2) is 8.19. The Hall–Kier alpha value is -2.29. The minimum atomic E-state index is -0.0662. The van der Waals surface area contributed by atoms with E-state index < -0.39 is 0 Å².